The van der Waals surface area contributed by atoms with Crippen molar-refractivity contribution in [2.75, 3.05) is 6.61 Å². The lowest BCUT2D eigenvalue weighted by Gasteiger charge is -2.01. The molecule has 0 atom stereocenters. The summed E-state index contributed by atoms with van der Waals surface area (Å²) in [7, 11) is 0. The van der Waals surface area contributed by atoms with Gasteiger partial charge < -0.3 is 4.74 Å². The summed E-state index contributed by atoms with van der Waals surface area (Å²) < 4.78 is 31.3. The van der Waals surface area contributed by atoms with Gasteiger partial charge in [0.2, 0.25) is 0 Å². The van der Waals surface area contributed by atoms with Gasteiger partial charge in [-0.25, -0.2) is 13.6 Å². The summed E-state index contributed by atoms with van der Waals surface area (Å²) in [4.78, 5) is 11.0. The maximum absolute atomic E-state index is 13.4. The Morgan fingerprint density at radius 1 is 1.50 bits per heavy atom. The molecule has 5 heteroatoms. The van der Waals surface area contributed by atoms with Gasteiger partial charge in [0, 0.05) is 11.6 Å². The average Bonchev–Trinajstić information content (AvgIpc) is 2.24. The van der Waals surface area contributed by atoms with Crippen LogP contribution in [0.25, 0.3) is 6.08 Å². The van der Waals surface area contributed by atoms with Crippen molar-refractivity contribution in [3.8, 4) is 0 Å². The van der Waals surface area contributed by atoms with E-state index < -0.39 is 17.6 Å². The van der Waals surface area contributed by atoms with Crippen molar-refractivity contribution < 1.29 is 18.3 Å². The summed E-state index contributed by atoms with van der Waals surface area (Å²) >= 11 is 2.93. The van der Waals surface area contributed by atoms with E-state index in [0.29, 0.717) is 0 Å². The topological polar surface area (TPSA) is 26.3 Å². The molecule has 0 bridgehead atoms. The fourth-order valence-corrected chi connectivity index (χ4v) is 1.38. The monoisotopic (exact) mass is 290 g/mol. The summed E-state index contributed by atoms with van der Waals surface area (Å²) in [6.07, 6.45) is 2.03. The van der Waals surface area contributed by atoms with E-state index in [2.05, 4.69) is 20.7 Å². The first kappa shape index (κ1) is 12.8. The Hall–Kier alpha value is -1.23. The van der Waals surface area contributed by atoms with Crippen LogP contribution >= 0.6 is 15.9 Å². The second kappa shape index (κ2) is 5.75. The number of hydrogen-bond acceptors (Lipinski definition) is 2. The molecule has 0 fully saturated rings. The van der Waals surface area contributed by atoms with Gasteiger partial charge in [0.25, 0.3) is 0 Å². The minimum Gasteiger partial charge on any atom is -0.463 e. The van der Waals surface area contributed by atoms with Crippen molar-refractivity contribution in [2.45, 2.75) is 6.92 Å². The van der Waals surface area contributed by atoms with Gasteiger partial charge in [0.15, 0.2) is 0 Å². The molecule has 0 aliphatic rings. The zero-order valence-corrected chi connectivity index (χ0v) is 10.1. The highest BCUT2D eigenvalue weighted by molar-refractivity contribution is 9.10. The number of halogens is 3. The van der Waals surface area contributed by atoms with Crippen LogP contribution in [0.5, 0.6) is 0 Å². The summed E-state index contributed by atoms with van der Waals surface area (Å²) in [6.45, 7) is 1.86. The fourth-order valence-electron chi connectivity index (χ4n) is 1.04. The standard InChI is InChI=1S/C11H9BrF2O2/c1-2-16-10(15)6-3-7-9(13)5-4-8(12)11(7)14/h3-6H,2H2,1H3. The second-order valence-electron chi connectivity index (χ2n) is 2.84. The van der Waals surface area contributed by atoms with Crippen LogP contribution in [0.4, 0.5) is 8.78 Å². The average molecular weight is 291 g/mol. The first-order chi connectivity index (χ1) is 7.56. The van der Waals surface area contributed by atoms with Gasteiger partial charge in [-0.3, -0.25) is 0 Å². The van der Waals surface area contributed by atoms with Crippen LogP contribution in [0, 0.1) is 11.6 Å². The van der Waals surface area contributed by atoms with Crippen molar-refractivity contribution in [1.82, 2.24) is 0 Å². The molecule has 0 aliphatic heterocycles. The molecule has 16 heavy (non-hydrogen) atoms. The van der Waals surface area contributed by atoms with Gasteiger partial charge in [-0.1, -0.05) is 0 Å². The molecule has 1 aromatic carbocycles. The maximum atomic E-state index is 13.4. The van der Waals surface area contributed by atoms with Crippen molar-refractivity contribution in [3.05, 3.63) is 39.9 Å². The minimum absolute atomic E-state index is 0.136. The van der Waals surface area contributed by atoms with Gasteiger partial charge in [0.05, 0.1) is 11.1 Å². The lowest BCUT2D eigenvalue weighted by Crippen LogP contribution is -1.99. The number of ether oxygens (including phenoxy) is 1. The molecule has 1 aromatic rings. The molecule has 0 spiro atoms. The fraction of sp³-hybridized carbons (Fsp3) is 0.182. The molecule has 0 unspecified atom stereocenters. The molecule has 0 saturated heterocycles. The van der Waals surface area contributed by atoms with Gasteiger partial charge in [-0.15, -0.1) is 0 Å². The summed E-state index contributed by atoms with van der Waals surface area (Å²) in [5, 5.41) is 0. The van der Waals surface area contributed by atoms with Crippen LogP contribution in [-0.4, -0.2) is 12.6 Å². The number of esters is 1. The van der Waals surface area contributed by atoms with E-state index in [4.69, 9.17) is 0 Å². The number of rotatable bonds is 3. The number of carbonyl (C=O) groups is 1. The van der Waals surface area contributed by atoms with Gasteiger partial charge in [0.1, 0.15) is 11.6 Å². The summed E-state index contributed by atoms with van der Waals surface area (Å²) in [6, 6.07) is 2.37. The Kier molecular flexibility index (Phi) is 4.61. The van der Waals surface area contributed by atoms with E-state index >= 15 is 0 Å². The molecule has 0 radical (unpaired) electrons. The minimum atomic E-state index is -0.749. The zero-order chi connectivity index (χ0) is 12.1. The molecular formula is C11H9BrF2O2. The molecule has 0 aromatic heterocycles. The molecule has 0 N–H and O–H groups in total. The lowest BCUT2D eigenvalue weighted by atomic mass is 10.2. The highest BCUT2D eigenvalue weighted by Gasteiger charge is 2.09. The zero-order valence-electron chi connectivity index (χ0n) is 8.47. The Morgan fingerprint density at radius 3 is 2.81 bits per heavy atom. The quantitative estimate of drug-likeness (QED) is 0.485. The molecule has 0 aliphatic carbocycles. The van der Waals surface area contributed by atoms with Crippen molar-refractivity contribution in [2.24, 2.45) is 0 Å². The third-order valence-corrected chi connectivity index (χ3v) is 2.36. The van der Waals surface area contributed by atoms with E-state index in [1.54, 1.807) is 6.92 Å². The molecule has 0 heterocycles. The Bertz CT molecular complexity index is 430. The van der Waals surface area contributed by atoms with E-state index in [0.717, 1.165) is 18.2 Å². The molecule has 1 rings (SSSR count). The van der Waals surface area contributed by atoms with Crippen LogP contribution in [0.3, 0.4) is 0 Å². The first-order valence-corrected chi connectivity index (χ1v) is 5.34. The highest BCUT2D eigenvalue weighted by atomic mass is 79.9. The molecule has 0 amide bonds. The molecule has 86 valence electrons. The van der Waals surface area contributed by atoms with Gasteiger partial charge in [-0.05, 0) is 41.1 Å². The third-order valence-electron chi connectivity index (χ3n) is 1.75. The van der Waals surface area contributed by atoms with Gasteiger partial charge >= 0.3 is 5.97 Å². The number of hydrogen-bond donors (Lipinski definition) is 0. The SMILES string of the molecule is CCOC(=O)C=Cc1c(F)ccc(Br)c1F. The van der Waals surface area contributed by atoms with Crippen LogP contribution in [-0.2, 0) is 9.53 Å². The van der Waals surface area contributed by atoms with Crippen LogP contribution in [0.15, 0.2) is 22.7 Å². The maximum Gasteiger partial charge on any atom is 0.330 e. The first-order valence-electron chi connectivity index (χ1n) is 4.54. The summed E-state index contributed by atoms with van der Waals surface area (Å²) in [5.74, 6) is -2.12. The van der Waals surface area contributed by atoms with Crippen LogP contribution in [0.1, 0.15) is 12.5 Å². The van der Waals surface area contributed by atoms with E-state index in [9.17, 15) is 13.6 Å². The molecule has 2 nitrogen and oxygen atoms in total. The van der Waals surface area contributed by atoms with E-state index in [1.165, 1.54) is 6.07 Å². The summed E-state index contributed by atoms with van der Waals surface area (Å²) in [5.41, 5.74) is -0.276. The Morgan fingerprint density at radius 2 is 2.19 bits per heavy atom. The molecule has 0 saturated carbocycles. The predicted molar refractivity (Wildman–Crippen MR) is 59.7 cm³/mol. The molecular weight excluding hydrogens is 282 g/mol. The highest BCUT2D eigenvalue weighted by Crippen LogP contribution is 2.22. The number of benzene rings is 1. The van der Waals surface area contributed by atoms with Crippen LogP contribution < -0.4 is 0 Å². The van der Waals surface area contributed by atoms with Gasteiger partial charge in [-0.2, -0.15) is 0 Å². The van der Waals surface area contributed by atoms with Crippen molar-refractivity contribution in [1.29, 1.82) is 0 Å². The Balaban J connectivity index is 2.97. The van der Waals surface area contributed by atoms with Crippen LogP contribution in [0.2, 0.25) is 0 Å². The number of carbonyl (C=O) groups excluding carboxylic acids is 1. The lowest BCUT2D eigenvalue weighted by molar-refractivity contribution is -0.137. The van der Waals surface area contributed by atoms with Crippen molar-refractivity contribution in [3.63, 3.8) is 0 Å². The normalized spacial score (nSPS) is 10.8. The largest absolute Gasteiger partial charge is 0.463 e. The predicted octanol–water partition coefficient (Wildman–Crippen LogP) is 3.30. The second-order valence-corrected chi connectivity index (χ2v) is 3.70. The Labute approximate surface area is 100 Å². The van der Waals surface area contributed by atoms with Crippen molar-refractivity contribution >= 4 is 28.0 Å². The van der Waals surface area contributed by atoms with E-state index in [1.807, 2.05) is 0 Å². The third kappa shape index (κ3) is 3.13. The smallest absolute Gasteiger partial charge is 0.330 e. The van der Waals surface area contributed by atoms with E-state index in [-0.39, 0.29) is 16.6 Å².